The van der Waals surface area contributed by atoms with E-state index in [0.29, 0.717) is 0 Å². The summed E-state index contributed by atoms with van der Waals surface area (Å²) in [6, 6.07) is 5.83. The Labute approximate surface area is 117 Å². The third-order valence-corrected chi connectivity index (χ3v) is 4.39. The van der Waals surface area contributed by atoms with Crippen LogP contribution in [0.25, 0.3) is 0 Å². The van der Waals surface area contributed by atoms with Crippen LogP contribution in [0.2, 0.25) is 0 Å². The van der Waals surface area contributed by atoms with Gasteiger partial charge in [-0.15, -0.1) is 0 Å². The molecule has 0 heterocycles. The maximum Gasteiger partial charge on any atom is 0.166 e. The van der Waals surface area contributed by atoms with Crippen molar-refractivity contribution in [3.8, 4) is 0 Å². The molecule has 0 unspecified atom stereocenters. The van der Waals surface area contributed by atoms with E-state index in [0.717, 1.165) is 41.3 Å². The molecule has 2 nitrogen and oxygen atoms in total. The third kappa shape index (κ3) is 3.01. The molecular formula is C15H19BrO2. The Morgan fingerprint density at radius 2 is 2.00 bits per heavy atom. The van der Waals surface area contributed by atoms with Gasteiger partial charge in [-0.3, -0.25) is 4.79 Å². The van der Waals surface area contributed by atoms with Crippen LogP contribution in [0.3, 0.4) is 0 Å². The van der Waals surface area contributed by atoms with Crippen molar-refractivity contribution in [3.05, 3.63) is 33.8 Å². The second-order valence-electron chi connectivity index (χ2n) is 5.59. The predicted octanol–water partition coefficient (Wildman–Crippen LogP) is 3.88. The molecule has 0 spiro atoms. The number of Topliss-reactive ketones (excluding diaryl/α,β-unsaturated/α-hetero) is 1. The first kappa shape index (κ1) is 13.8. The largest absolute Gasteiger partial charge is 0.390 e. The summed E-state index contributed by atoms with van der Waals surface area (Å²) in [4.78, 5) is 12.5. The molecule has 1 aromatic rings. The van der Waals surface area contributed by atoms with Crippen LogP contribution in [0, 0.1) is 12.8 Å². The molecule has 98 valence electrons. The smallest absolute Gasteiger partial charge is 0.166 e. The summed E-state index contributed by atoms with van der Waals surface area (Å²) in [5, 5.41) is 9.92. The van der Waals surface area contributed by atoms with Crippen LogP contribution in [0.4, 0.5) is 0 Å². The van der Waals surface area contributed by atoms with Crippen LogP contribution < -0.4 is 0 Å². The number of halogens is 1. The van der Waals surface area contributed by atoms with Crippen LogP contribution in [0.5, 0.6) is 0 Å². The Balaban J connectivity index is 2.15. The quantitative estimate of drug-likeness (QED) is 0.842. The fourth-order valence-electron chi connectivity index (χ4n) is 2.58. The molecule has 3 heteroatoms. The van der Waals surface area contributed by atoms with Crippen LogP contribution in [0.15, 0.2) is 22.7 Å². The average Bonchev–Trinajstić information content (AvgIpc) is 2.31. The van der Waals surface area contributed by atoms with Crippen molar-refractivity contribution in [1.29, 1.82) is 0 Å². The molecule has 0 aliphatic heterocycles. The van der Waals surface area contributed by atoms with Crippen molar-refractivity contribution >= 4 is 21.7 Å². The monoisotopic (exact) mass is 310 g/mol. The average molecular weight is 311 g/mol. The van der Waals surface area contributed by atoms with Crippen LogP contribution in [-0.4, -0.2) is 16.5 Å². The van der Waals surface area contributed by atoms with Gasteiger partial charge in [-0.25, -0.2) is 0 Å². The second kappa shape index (κ2) is 5.14. The Kier molecular flexibility index (Phi) is 3.93. The molecular weight excluding hydrogens is 292 g/mol. The zero-order chi connectivity index (χ0) is 13.3. The lowest BCUT2D eigenvalue weighted by molar-refractivity contribution is 0.00971. The first-order valence-corrected chi connectivity index (χ1v) is 7.21. The highest BCUT2D eigenvalue weighted by Gasteiger charge is 2.32. The highest BCUT2D eigenvalue weighted by atomic mass is 79.9. The first-order chi connectivity index (χ1) is 8.39. The Morgan fingerprint density at radius 3 is 2.61 bits per heavy atom. The van der Waals surface area contributed by atoms with E-state index in [4.69, 9.17) is 0 Å². The van der Waals surface area contributed by atoms with Gasteiger partial charge in [0.25, 0.3) is 0 Å². The molecule has 0 bridgehead atoms. The molecule has 1 aromatic carbocycles. The molecule has 1 aliphatic rings. The number of hydrogen-bond donors (Lipinski definition) is 1. The van der Waals surface area contributed by atoms with E-state index in [9.17, 15) is 9.90 Å². The molecule has 2 rings (SSSR count). The minimum atomic E-state index is -0.580. The topological polar surface area (TPSA) is 37.3 Å². The van der Waals surface area contributed by atoms with Crippen molar-refractivity contribution in [3.63, 3.8) is 0 Å². The Hall–Kier alpha value is -0.670. The molecule has 0 atom stereocenters. The van der Waals surface area contributed by atoms with Gasteiger partial charge in [0.05, 0.1) is 5.60 Å². The van der Waals surface area contributed by atoms with E-state index >= 15 is 0 Å². The lowest BCUT2D eigenvalue weighted by atomic mass is 9.76. The SMILES string of the molecule is Cc1ccc(Br)cc1C(=O)C1CCC(C)(O)CC1. The summed E-state index contributed by atoms with van der Waals surface area (Å²) in [5.74, 6) is 0.294. The van der Waals surface area contributed by atoms with Gasteiger partial charge >= 0.3 is 0 Å². The maximum atomic E-state index is 12.5. The number of carbonyl (C=O) groups is 1. The third-order valence-electron chi connectivity index (χ3n) is 3.90. The Morgan fingerprint density at radius 1 is 1.39 bits per heavy atom. The molecule has 1 fully saturated rings. The lowest BCUT2D eigenvalue weighted by Gasteiger charge is -2.32. The molecule has 0 amide bonds. The predicted molar refractivity (Wildman–Crippen MR) is 75.8 cm³/mol. The number of aliphatic hydroxyl groups is 1. The highest BCUT2D eigenvalue weighted by molar-refractivity contribution is 9.10. The minimum absolute atomic E-state index is 0.0678. The summed E-state index contributed by atoms with van der Waals surface area (Å²) in [7, 11) is 0. The number of carbonyl (C=O) groups excluding carboxylic acids is 1. The summed E-state index contributed by atoms with van der Waals surface area (Å²) in [5.41, 5.74) is 1.26. The number of hydrogen-bond acceptors (Lipinski definition) is 2. The van der Waals surface area contributed by atoms with E-state index < -0.39 is 5.60 Å². The van der Waals surface area contributed by atoms with Gasteiger partial charge in [0.2, 0.25) is 0 Å². The second-order valence-corrected chi connectivity index (χ2v) is 6.51. The fraction of sp³-hybridized carbons (Fsp3) is 0.533. The van der Waals surface area contributed by atoms with Crippen molar-refractivity contribution in [2.75, 3.05) is 0 Å². The van der Waals surface area contributed by atoms with Crippen molar-refractivity contribution < 1.29 is 9.90 Å². The standard InChI is InChI=1S/C15H19BrO2/c1-10-3-4-12(16)9-13(10)14(17)11-5-7-15(2,18)8-6-11/h3-4,9,11,18H,5-8H2,1-2H3. The number of ketones is 1. The van der Waals surface area contributed by atoms with Crippen LogP contribution >= 0.6 is 15.9 Å². The Bertz CT molecular complexity index is 456. The number of rotatable bonds is 2. The van der Waals surface area contributed by atoms with Gasteiger partial charge in [-0.1, -0.05) is 22.0 Å². The van der Waals surface area contributed by atoms with Gasteiger partial charge < -0.3 is 5.11 Å². The van der Waals surface area contributed by atoms with E-state index in [1.54, 1.807) is 0 Å². The van der Waals surface area contributed by atoms with Gasteiger partial charge in [0.15, 0.2) is 5.78 Å². The van der Waals surface area contributed by atoms with Gasteiger partial charge in [-0.2, -0.15) is 0 Å². The van der Waals surface area contributed by atoms with Crippen molar-refractivity contribution in [2.24, 2.45) is 5.92 Å². The van der Waals surface area contributed by atoms with Crippen molar-refractivity contribution in [2.45, 2.75) is 45.1 Å². The zero-order valence-corrected chi connectivity index (χ0v) is 12.5. The van der Waals surface area contributed by atoms with Gasteiger partial charge in [0.1, 0.15) is 0 Å². The van der Waals surface area contributed by atoms with Crippen LogP contribution in [0.1, 0.15) is 48.5 Å². The highest BCUT2D eigenvalue weighted by Crippen LogP contribution is 2.34. The van der Waals surface area contributed by atoms with Crippen molar-refractivity contribution in [1.82, 2.24) is 0 Å². The summed E-state index contributed by atoms with van der Waals surface area (Å²) >= 11 is 3.41. The molecule has 0 saturated heterocycles. The summed E-state index contributed by atoms with van der Waals surface area (Å²) in [6.07, 6.45) is 3.02. The molecule has 1 N–H and O–H groups in total. The fourth-order valence-corrected chi connectivity index (χ4v) is 2.94. The number of aryl methyl sites for hydroxylation is 1. The normalized spacial score (nSPS) is 28.1. The minimum Gasteiger partial charge on any atom is -0.390 e. The number of benzene rings is 1. The molecule has 1 saturated carbocycles. The molecule has 1 aliphatic carbocycles. The lowest BCUT2D eigenvalue weighted by Crippen LogP contribution is -2.33. The van der Waals surface area contributed by atoms with E-state index in [-0.39, 0.29) is 11.7 Å². The summed E-state index contributed by atoms with van der Waals surface area (Å²) in [6.45, 7) is 3.83. The van der Waals surface area contributed by atoms with E-state index in [1.165, 1.54) is 0 Å². The summed E-state index contributed by atoms with van der Waals surface area (Å²) < 4.78 is 0.944. The van der Waals surface area contributed by atoms with E-state index in [2.05, 4.69) is 15.9 Å². The molecule has 0 aromatic heterocycles. The van der Waals surface area contributed by atoms with E-state index in [1.807, 2.05) is 32.0 Å². The van der Waals surface area contributed by atoms with Gasteiger partial charge in [-0.05, 0) is 57.2 Å². The first-order valence-electron chi connectivity index (χ1n) is 6.42. The maximum absolute atomic E-state index is 12.5. The van der Waals surface area contributed by atoms with Crippen LogP contribution in [-0.2, 0) is 0 Å². The van der Waals surface area contributed by atoms with Gasteiger partial charge in [0, 0.05) is 16.0 Å². The zero-order valence-electron chi connectivity index (χ0n) is 10.9. The molecule has 18 heavy (non-hydrogen) atoms. The molecule has 0 radical (unpaired) electrons.